The molecular weight excluding hydrogens is 320 g/mol. The van der Waals surface area contributed by atoms with Crippen LogP contribution in [0.15, 0.2) is 22.7 Å². The van der Waals surface area contributed by atoms with Gasteiger partial charge in [0, 0.05) is 18.2 Å². The van der Waals surface area contributed by atoms with Crippen molar-refractivity contribution in [3.8, 4) is 5.75 Å². The topological polar surface area (TPSA) is 64.3 Å². The monoisotopic (exact) mass is 340 g/mol. The van der Waals surface area contributed by atoms with Crippen molar-refractivity contribution in [2.45, 2.75) is 51.3 Å². The van der Waals surface area contributed by atoms with E-state index in [1.165, 1.54) is 12.8 Å². The van der Waals surface area contributed by atoms with Gasteiger partial charge in [-0.25, -0.2) is 0 Å². The van der Waals surface area contributed by atoms with Crippen LogP contribution in [0.3, 0.4) is 0 Å². The molecular formula is C15H21BrN2O2. The van der Waals surface area contributed by atoms with Crippen molar-refractivity contribution in [1.82, 2.24) is 5.32 Å². The van der Waals surface area contributed by atoms with Gasteiger partial charge in [0.15, 0.2) is 6.10 Å². The number of hydrogen-bond acceptors (Lipinski definition) is 3. The number of nitrogens with one attached hydrogen (secondary N) is 1. The van der Waals surface area contributed by atoms with Gasteiger partial charge in [0.1, 0.15) is 5.75 Å². The lowest BCUT2D eigenvalue weighted by Gasteiger charge is -2.20. The van der Waals surface area contributed by atoms with Crippen LogP contribution in [0.1, 0.15) is 38.2 Å². The Bertz CT molecular complexity index is 473. The molecule has 1 aromatic carbocycles. The van der Waals surface area contributed by atoms with E-state index < -0.39 is 6.10 Å². The number of halogens is 1. The number of nitrogens with two attached hydrogens (primary N) is 1. The highest BCUT2D eigenvalue weighted by molar-refractivity contribution is 9.10. The van der Waals surface area contributed by atoms with E-state index in [0.717, 1.165) is 22.9 Å². The summed E-state index contributed by atoms with van der Waals surface area (Å²) in [5.74, 6) is 0.597. The summed E-state index contributed by atoms with van der Waals surface area (Å²) >= 11 is 3.44. The Morgan fingerprint density at radius 1 is 1.50 bits per heavy atom. The Hall–Kier alpha value is -1.07. The second kappa shape index (κ2) is 7.09. The van der Waals surface area contributed by atoms with E-state index in [4.69, 9.17) is 10.5 Å². The Kier molecular flexibility index (Phi) is 5.43. The van der Waals surface area contributed by atoms with E-state index in [1.807, 2.05) is 18.2 Å². The second-order valence-electron chi connectivity index (χ2n) is 5.18. The predicted molar refractivity (Wildman–Crippen MR) is 82.5 cm³/mol. The number of rotatable bonds is 5. The molecule has 1 amide bonds. The van der Waals surface area contributed by atoms with Gasteiger partial charge in [-0.15, -0.1) is 0 Å². The molecule has 1 saturated carbocycles. The molecule has 110 valence electrons. The van der Waals surface area contributed by atoms with Crippen molar-refractivity contribution in [3.05, 3.63) is 28.2 Å². The lowest BCUT2D eigenvalue weighted by atomic mass is 10.2. The van der Waals surface area contributed by atoms with Crippen LogP contribution in [0.5, 0.6) is 5.75 Å². The minimum absolute atomic E-state index is 0.0596. The number of para-hydroxylation sites is 1. The van der Waals surface area contributed by atoms with Crippen LogP contribution in [0, 0.1) is 0 Å². The molecule has 0 radical (unpaired) electrons. The summed E-state index contributed by atoms with van der Waals surface area (Å²) in [6, 6.07) is 6.00. The van der Waals surface area contributed by atoms with Gasteiger partial charge in [-0.2, -0.15) is 0 Å². The van der Waals surface area contributed by atoms with E-state index >= 15 is 0 Å². The third kappa shape index (κ3) is 3.73. The number of ether oxygens (including phenoxy) is 1. The van der Waals surface area contributed by atoms with Gasteiger partial charge >= 0.3 is 0 Å². The van der Waals surface area contributed by atoms with E-state index in [9.17, 15) is 4.79 Å². The molecule has 0 bridgehead atoms. The first-order valence-electron chi connectivity index (χ1n) is 7.06. The zero-order valence-electron chi connectivity index (χ0n) is 11.7. The van der Waals surface area contributed by atoms with Crippen LogP contribution in [0.25, 0.3) is 0 Å². The summed E-state index contributed by atoms with van der Waals surface area (Å²) in [7, 11) is 0. The van der Waals surface area contributed by atoms with Crippen molar-refractivity contribution in [3.63, 3.8) is 0 Å². The van der Waals surface area contributed by atoms with E-state index in [-0.39, 0.29) is 5.91 Å². The fraction of sp³-hybridized carbons (Fsp3) is 0.533. The molecule has 1 aromatic rings. The minimum Gasteiger partial charge on any atom is -0.479 e. The summed E-state index contributed by atoms with van der Waals surface area (Å²) in [5.41, 5.74) is 6.59. The number of benzene rings is 1. The fourth-order valence-corrected chi connectivity index (χ4v) is 2.97. The normalized spacial score (nSPS) is 16.9. The van der Waals surface area contributed by atoms with Crippen LogP contribution < -0.4 is 15.8 Å². The molecule has 5 heteroatoms. The van der Waals surface area contributed by atoms with Crippen molar-refractivity contribution in [2.24, 2.45) is 5.73 Å². The third-order valence-electron chi connectivity index (χ3n) is 3.63. The smallest absolute Gasteiger partial charge is 0.260 e. The van der Waals surface area contributed by atoms with Crippen LogP contribution >= 0.6 is 15.9 Å². The number of amides is 1. The van der Waals surface area contributed by atoms with E-state index in [2.05, 4.69) is 21.2 Å². The average molecular weight is 341 g/mol. The van der Waals surface area contributed by atoms with Crippen molar-refractivity contribution in [2.75, 3.05) is 0 Å². The van der Waals surface area contributed by atoms with Crippen LogP contribution in [0.4, 0.5) is 0 Å². The Labute approximate surface area is 128 Å². The van der Waals surface area contributed by atoms with Gasteiger partial charge in [-0.1, -0.05) is 25.0 Å². The first kappa shape index (κ1) is 15.3. The van der Waals surface area contributed by atoms with Crippen molar-refractivity contribution in [1.29, 1.82) is 0 Å². The molecule has 0 aliphatic heterocycles. The standard InChI is InChI=1S/C15H21BrN2O2/c1-10(15(19)18-12-6-2-3-7-12)20-14-11(9-17)5-4-8-13(14)16/h4-5,8,10,12H,2-3,6-7,9,17H2,1H3,(H,18,19). The molecule has 4 nitrogen and oxygen atoms in total. The molecule has 1 aliphatic rings. The summed E-state index contributed by atoms with van der Waals surface area (Å²) in [5, 5.41) is 3.05. The molecule has 0 saturated heterocycles. The summed E-state index contributed by atoms with van der Waals surface area (Å²) in [6.45, 7) is 2.15. The van der Waals surface area contributed by atoms with E-state index in [0.29, 0.717) is 18.3 Å². The molecule has 0 heterocycles. The number of carbonyl (C=O) groups is 1. The molecule has 0 aromatic heterocycles. The number of carbonyl (C=O) groups excluding carboxylic acids is 1. The van der Waals surface area contributed by atoms with Gasteiger partial charge in [0.25, 0.3) is 5.91 Å². The van der Waals surface area contributed by atoms with E-state index in [1.54, 1.807) is 6.92 Å². The summed E-state index contributed by atoms with van der Waals surface area (Å²) in [6.07, 6.45) is 4.01. The SMILES string of the molecule is CC(Oc1c(Br)cccc1CN)C(=O)NC1CCCC1. The molecule has 1 atom stereocenters. The maximum absolute atomic E-state index is 12.1. The summed E-state index contributed by atoms with van der Waals surface area (Å²) in [4.78, 5) is 12.1. The third-order valence-corrected chi connectivity index (χ3v) is 4.26. The zero-order chi connectivity index (χ0) is 14.5. The molecule has 2 rings (SSSR count). The lowest BCUT2D eigenvalue weighted by molar-refractivity contribution is -0.128. The first-order valence-corrected chi connectivity index (χ1v) is 7.85. The molecule has 1 aliphatic carbocycles. The van der Waals surface area contributed by atoms with Gasteiger partial charge in [0.2, 0.25) is 0 Å². The Balaban J connectivity index is 1.99. The molecule has 0 spiro atoms. The minimum atomic E-state index is -0.528. The molecule has 3 N–H and O–H groups in total. The average Bonchev–Trinajstić information content (AvgIpc) is 2.93. The maximum atomic E-state index is 12.1. The Morgan fingerprint density at radius 2 is 2.20 bits per heavy atom. The van der Waals surface area contributed by atoms with Crippen LogP contribution in [-0.2, 0) is 11.3 Å². The molecule has 20 heavy (non-hydrogen) atoms. The fourth-order valence-electron chi connectivity index (χ4n) is 2.47. The summed E-state index contributed by atoms with van der Waals surface area (Å²) < 4.78 is 6.62. The quantitative estimate of drug-likeness (QED) is 0.866. The van der Waals surface area contributed by atoms with Crippen molar-refractivity contribution >= 4 is 21.8 Å². The predicted octanol–water partition coefficient (Wildman–Crippen LogP) is 2.73. The zero-order valence-corrected chi connectivity index (χ0v) is 13.3. The highest BCUT2D eigenvalue weighted by Crippen LogP contribution is 2.29. The highest BCUT2D eigenvalue weighted by Gasteiger charge is 2.22. The van der Waals surface area contributed by atoms with Crippen LogP contribution in [0.2, 0.25) is 0 Å². The first-order chi connectivity index (χ1) is 9.61. The van der Waals surface area contributed by atoms with Gasteiger partial charge in [-0.05, 0) is 41.8 Å². The molecule has 1 unspecified atom stereocenters. The van der Waals surface area contributed by atoms with Crippen molar-refractivity contribution < 1.29 is 9.53 Å². The second-order valence-corrected chi connectivity index (χ2v) is 6.04. The largest absolute Gasteiger partial charge is 0.479 e. The molecule has 1 fully saturated rings. The van der Waals surface area contributed by atoms with Gasteiger partial charge < -0.3 is 15.8 Å². The van der Waals surface area contributed by atoms with Gasteiger partial charge in [0.05, 0.1) is 4.47 Å². The number of hydrogen-bond donors (Lipinski definition) is 2. The van der Waals surface area contributed by atoms with Crippen LogP contribution in [-0.4, -0.2) is 18.1 Å². The lowest BCUT2D eigenvalue weighted by Crippen LogP contribution is -2.41. The highest BCUT2D eigenvalue weighted by atomic mass is 79.9. The van der Waals surface area contributed by atoms with Gasteiger partial charge in [-0.3, -0.25) is 4.79 Å². The maximum Gasteiger partial charge on any atom is 0.260 e. The Morgan fingerprint density at radius 3 is 2.85 bits per heavy atom.